The first-order chi connectivity index (χ1) is 10.0. The number of likely N-dealkylation sites (tertiary alicyclic amines) is 1. The Balaban J connectivity index is 1.55. The number of fused-ring (bicyclic) bond motifs is 1. The molecule has 114 valence electrons. The summed E-state index contributed by atoms with van der Waals surface area (Å²) >= 11 is 12.0. The number of hydrogen-bond donors (Lipinski definition) is 1. The number of hydrogen-bond acceptors (Lipinski definition) is 2. The summed E-state index contributed by atoms with van der Waals surface area (Å²) in [5, 5.41) is 1.26. The van der Waals surface area contributed by atoms with Crippen LogP contribution in [-0.2, 0) is 11.2 Å². The van der Waals surface area contributed by atoms with Gasteiger partial charge in [-0.3, -0.25) is 4.79 Å². The van der Waals surface area contributed by atoms with E-state index in [1.165, 1.54) is 6.42 Å². The van der Waals surface area contributed by atoms with Crippen LogP contribution in [0.4, 0.5) is 0 Å². The van der Waals surface area contributed by atoms with E-state index in [9.17, 15) is 4.79 Å². The topological polar surface area (TPSA) is 46.3 Å². The molecule has 0 radical (unpaired) electrons. The van der Waals surface area contributed by atoms with E-state index in [4.69, 9.17) is 28.9 Å². The smallest absolute Gasteiger partial charge is 0.222 e. The number of nitrogens with two attached hydrogens (primary N) is 1. The summed E-state index contributed by atoms with van der Waals surface area (Å²) in [6.07, 6.45) is 3.43. The molecule has 2 N–H and O–H groups in total. The van der Waals surface area contributed by atoms with E-state index in [0.29, 0.717) is 34.7 Å². The summed E-state index contributed by atoms with van der Waals surface area (Å²) in [5.74, 6) is 1.33. The van der Waals surface area contributed by atoms with Crippen molar-refractivity contribution < 1.29 is 4.79 Å². The molecule has 1 aromatic rings. The maximum absolute atomic E-state index is 12.4. The van der Waals surface area contributed by atoms with Crippen molar-refractivity contribution in [3.63, 3.8) is 0 Å². The molecule has 1 aliphatic heterocycles. The number of halogens is 2. The zero-order chi connectivity index (χ0) is 15.0. The fraction of sp³-hybridized carbons (Fsp3) is 0.562. The molecule has 5 heteroatoms. The lowest BCUT2D eigenvalue weighted by atomic mass is 9.98. The molecule has 3 rings (SSSR count). The summed E-state index contributed by atoms with van der Waals surface area (Å²) in [5.41, 5.74) is 7.09. The third-order valence-electron chi connectivity index (χ3n) is 4.89. The Hall–Kier alpha value is -0.770. The van der Waals surface area contributed by atoms with E-state index in [1.54, 1.807) is 6.07 Å². The first kappa shape index (κ1) is 15.1. The highest BCUT2D eigenvalue weighted by molar-refractivity contribution is 6.35. The highest BCUT2D eigenvalue weighted by atomic mass is 35.5. The lowest BCUT2D eigenvalue weighted by molar-refractivity contribution is -0.130. The van der Waals surface area contributed by atoms with Crippen LogP contribution in [0.1, 0.15) is 24.8 Å². The predicted octanol–water partition coefficient (Wildman–Crippen LogP) is 3.12. The number of amides is 1. The molecule has 2 fully saturated rings. The van der Waals surface area contributed by atoms with Crippen molar-refractivity contribution in [2.24, 2.45) is 17.6 Å². The van der Waals surface area contributed by atoms with Gasteiger partial charge in [0, 0.05) is 35.6 Å². The maximum atomic E-state index is 12.4. The van der Waals surface area contributed by atoms with E-state index < -0.39 is 0 Å². The number of aryl methyl sites for hydroxylation is 1. The monoisotopic (exact) mass is 326 g/mol. The highest BCUT2D eigenvalue weighted by Gasteiger charge is 2.42. The van der Waals surface area contributed by atoms with Gasteiger partial charge >= 0.3 is 0 Å². The molecule has 3 atom stereocenters. The molecule has 1 aromatic carbocycles. The molecule has 2 aliphatic rings. The molecule has 1 saturated carbocycles. The first-order valence-corrected chi connectivity index (χ1v) is 8.27. The second-order valence-corrected chi connectivity index (χ2v) is 7.04. The molecule has 21 heavy (non-hydrogen) atoms. The summed E-state index contributed by atoms with van der Waals surface area (Å²) in [4.78, 5) is 14.3. The molecular formula is C16H20Cl2N2O. The van der Waals surface area contributed by atoms with Crippen molar-refractivity contribution in [3.05, 3.63) is 33.8 Å². The minimum absolute atomic E-state index is 0.211. The lowest BCUT2D eigenvalue weighted by Gasteiger charge is -2.19. The van der Waals surface area contributed by atoms with Crippen molar-refractivity contribution in [1.29, 1.82) is 0 Å². The minimum Gasteiger partial charge on any atom is -0.342 e. The van der Waals surface area contributed by atoms with Crippen LogP contribution in [-0.4, -0.2) is 29.9 Å². The first-order valence-electron chi connectivity index (χ1n) is 7.52. The minimum atomic E-state index is 0.211. The third-order valence-corrected chi connectivity index (χ3v) is 5.48. The average molecular weight is 327 g/mol. The maximum Gasteiger partial charge on any atom is 0.222 e. The molecule has 1 amide bonds. The van der Waals surface area contributed by atoms with Gasteiger partial charge < -0.3 is 10.6 Å². The van der Waals surface area contributed by atoms with Crippen molar-refractivity contribution in [1.82, 2.24) is 4.90 Å². The summed E-state index contributed by atoms with van der Waals surface area (Å²) in [6, 6.07) is 5.71. The SMILES string of the molecule is NC1CCC2CN(C(=O)CCc3ccc(Cl)cc3Cl)CC12. The largest absolute Gasteiger partial charge is 0.342 e. The molecule has 0 bridgehead atoms. The molecule has 0 spiro atoms. The molecule has 3 nitrogen and oxygen atoms in total. The highest BCUT2D eigenvalue weighted by Crippen LogP contribution is 2.37. The van der Waals surface area contributed by atoms with Crippen LogP contribution < -0.4 is 5.73 Å². The fourth-order valence-corrected chi connectivity index (χ4v) is 4.14. The third kappa shape index (κ3) is 3.20. The van der Waals surface area contributed by atoms with Crippen LogP contribution in [0.15, 0.2) is 18.2 Å². The van der Waals surface area contributed by atoms with E-state index in [0.717, 1.165) is 25.1 Å². The summed E-state index contributed by atoms with van der Waals surface area (Å²) in [6.45, 7) is 1.71. The van der Waals surface area contributed by atoms with Gasteiger partial charge in [0.25, 0.3) is 0 Å². The zero-order valence-corrected chi connectivity index (χ0v) is 13.4. The van der Waals surface area contributed by atoms with Crippen LogP contribution in [0.2, 0.25) is 10.0 Å². The van der Waals surface area contributed by atoms with E-state index in [-0.39, 0.29) is 11.9 Å². The molecule has 1 saturated heterocycles. The van der Waals surface area contributed by atoms with Crippen LogP contribution in [0.5, 0.6) is 0 Å². The Morgan fingerprint density at radius 3 is 2.81 bits per heavy atom. The molecular weight excluding hydrogens is 307 g/mol. The molecule has 1 aliphatic carbocycles. The Morgan fingerprint density at radius 1 is 1.29 bits per heavy atom. The molecule has 1 heterocycles. The van der Waals surface area contributed by atoms with Crippen molar-refractivity contribution in [2.75, 3.05) is 13.1 Å². The zero-order valence-electron chi connectivity index (χ0n) is 11.9. The van der Waals surface area contributed by atoms with Gasteiger partial charge in [0.05, 0.1) is 0 Å². The summed E-state index contributed by atoms with van der Waals surface area (Å²) < 4.78 is 0. The number of carbonyl (C=O) groups is 1. The standard InChI is InChI=1S/C16H20Cl2N2O/c17-12-4-1-10(14(18)7-12)3-6-16(21)20-8-11-2-5-15(19)13(11)9-20/h1,4,7,11,13,15H,2-3,5-6,8-9,19H2. The van der Waals surface area contributed by atoms with Crippen molar-refractivity contribution in [2.45, 2.75) is 31.7 Å². The number of rotatable bonds is 3. The van der Waals surface area contributed by atoms with Gasteiger partial charge in [-0.25, -0.2) is 0 Å². The Kier molecular flexibility index (Phi) is 4.43. The Bertz CT molecular complexity index is 549. The summed E-state index contributed by atoms with van der Waals surface area (Å²) in [7, 11) is 0. The lowest BCUT2D eigenvalue weighted by Crippen LogP contribution is -2.33. The predicted molar refractivity (Wildman–Crippen MR) is 85.6 cm³/mol. The van der Waals surface area contributed by atoms with Gasteiger partial charge in [0.15, 0.2) is 0 Å². The van der Waals surface area contributed by atoms with Crippen LogP contribution >= 0.6 is 23.2 Å². The van der Waals surface area contributed by atoms with Gasteiger partial charge in [-0.15, -0.1) is 0 Å². The van der Waals surface area contributed by atoms with Gasteiger partial charge in [-0.05, 0) is 48.8 Å². The number of benzene rings is 1. The van der Waals surface area contributed by atoms with Crippen molar-refractivity contribution in [3.8, 4) is 0 Å². The second-order valence-electron chi connectivity index (χ2n) is 6.20. The van der Waals surface area contributed by atoms with E-state index in [1.807, 2.05) is 17.0 Å². The second kappa shape index (κ2) is 6.15. The van der Waals surface area contributed by atoms with E-state index >= 15 is 0 Å². The normalized spacial score (nSPS) is 28.0. The van der Waals surface area contributed by atoms with Gasteiger partial charge in [-0.2, -0.15) is 0 Å². The number of carbonyl (C=O) groups excluding carboxylic acids is 1. The molecule has 3 unspecified atom stereocenters. The van der Waals surface area contributed by atoms with Gasteiger partial charge in [0.1, 0.15) is 0 Å². The van der Waals surface area contributed by atoms with Crippen LogP contribution in [0, 0.1) is 11.8 Å². The van der Waals surface area contributed by atoms with E-state index in [2.05, 4.69) is 0 Å². The van der Waals surface area contributed by atoms with Crippen LogP contribution in [0.3, 0.4) is 0 Å². The number of nitrogens with zero attached hydrogens (tertiary/aromatic N) is 1. The van der Waals surface area contributed by atoms with Gasteiger partial charge in [-0.1, -0.05) is 29.3 Å². The fourth-order valence-electron chi connectivity index (χ4n) is 3.64. The Labute approximate surface area is 135 Å². The van der Waals surface area contributed by atoms with Crippen LogP contribution in [0.25, 0.3) is 0 Å². The van der Waals surface area contributed by atoms with Gasteiger partial charge in [0.2, 0.25) is 5.91 Å². The average Bonchev–Trinajstić information content (AvgIpc) is 3.00. The molecule has 0 aromatic heterocycles. The van der Waals surface area contributed by atoms with Crippen molar-refractivity contribution >= 4 is 29.1 Å². The Morgan fingerprint density at radius 2 is 2.10 bits per heavy atom. The quantitative estimate of drug-likeness (QED) is 0.927.